The highest BCUT2D eigenvalue weighted by Gasteiger charge is 2.17. The van der Waals surface area contributed by atoms with Crippen molar-refractivity contribution in [1.29, 1.82) is 0 Å². The minimum Gasteiger partial charge on any atom is -0.494 e. The number of carbonyl (C=O) groups excluding carboxylic acids is 2. The van der Waals surface area contributed by atoms with Gasteiger partial charge in [0.1, 0.15) is 5.75 Å². The van der Waals surface area contributed by atoms with Gasteiger partial charge in [-0.2, -0.15) is 0 Å². The van der Waals surface area contributed by atoms with Crippen molar-refractivity contribution in [2.24, 2.45) is 0 Å². The summed E-state index contributed by atoms with van der Waals surface area (Å²) in [6.07, 6.45) is 2.01. The van der Waals surface area contributed by atoms with Crippen LogP contribution in [0.2, 0.25) is 0 Å². The monoisotopic (exact) mass is 424 g/mol. The van der Waals surface area contributed by atoms with Crippen LogP contribution in [0, 0.1) is 0 Å². The summed E-state index contributed by atoms with van der Waals surface area (Å²) >= 11 is 0. The number of anilines is 2. The van der Waals surface area contributed by atoms with Gasteiger partial charge in [0.05, 0.1) is 19.8 Å². The number of hydrogen-bond acceptors (Lipinski definition) is 6. The summed E-state index contributed by atoms with van der Waals surface area (Å²) in [5.41, 5.74) is 2.56. The number of carbonyl (C=O) groups is 2. The van der Waals surface area contributed by atoms with Crippen LogP contribution in [-0.4, -0.2) is 50.9 Å². The van der Waals surface area contributed by atoms with Crippen LogP contribution in [0.25, 0.3) is 6.08 Å². The SMILES string of the molecule is CCOc1ccc(/C=C/C(=O)OC(C)C(=O)Nc2ccc(N3CCOCC3)cc2)cc1. The summed E-state index contributed by atoms with van der Waals surface area (Å²) in [4.78, 5) is 26.6. The minimum absolute atomic E-state index is 0.387. The van der Waals surface area contributed by atoms with E-state index < -0.39 is 12.1 Å². The Morgan fingerprint density at radius 2 is 1.77 bits per heavy atom. The van der Waals surface area contributed by atoms with Crippen molar-refractivity contribution < 1.29 is 23.8 Å². The van der Waals surface area contributed by atoms with Crippen molar-refractivity contribution in [1.82, 2.24) is 0 Å². The molecule has 1 heterocycles. The highest BCUT2D eigenvalue weighted by atomic mass is 16.5. The van der Waals surface area contributed by atoms with Crippen molar-refractivity contribution in [2.75, 3.05) is 43.1 Å². The largest absolute Gasteiger partial charge is 0.494 e. The van der Waals surface area contributed by atoms with E-state index in [1.165, 1.54) is 6.08 Å². The topological polar surface area (TPSA) is 77.1 Å². The number of esters is 1. The van der Waals surface area contributed by atoms with Gasteiger partial charge < -0.3 is 24.4 Å². The summed E-state index contributed by atoms with van der Waals surface area (Å²) in [6.45, 7) is 7.19. The molecule has 1 fully saturated rings. The van der Waals surface area contributed by atoms with E-state index in [-0.39, 0.29) is 5.91 Å². The maximum absolute atomic E-state index is 12.4. The molecule has 1 amide bonds. The molecule has 0 bridgehead atoms. The molecule has 1 aliphatic rings. The van der Waals surface area contributed by atoms with E-state index in [2.05, 4.69) is 10.2 Å². The first-order valence-electron chi connectivity index (χ1n) is 10.4. The number of ether oxygens (including phenoxy) is 3. The molecule has 1 aliphatic heterocycles. The molecule has 0 aliphatic carbocycles. The van der Waals surface area contributed by atoms with Crippen LogP contribution in [0.3, 0.4) is 0 Å². The molecule has 0 radical (unpaired) electrons. The summed E-state index contributed by atoms with van der Waals surface area (Å²) in [7, 11) is 0. The Bertz CT molecular complexity index is 887. The molecule has 1 unspecified atom stereocenters. The van der Waals surface area contributed by atoms with E-state index in [9.17, 15) is 9.59 Å². The summed E-state index contributed by atoms with van der Waals surface area (Å²) in [5.74, 6) is -0.202. The number of amides is 1. The molecular formula is C24H28N2O5. The zero-order valence-corrected chi connectivity index (χ0v) is 17.9. The minimum atomic E-state index is -0.920. The Balaban J connectivity index is 1.47. The van der Waals surface area contributed by atoms with E-state index >= 15 is 0 Å². The maximum Gasteiger partial charge on any atom is 0.331 e. The molecule has 164 valence electrons. The predicted octanol–water partition coefficient (Wildman–Crippen LogP) is 3.51. The van der Waals surface area contributed by atoms with Crippen LogP contribution in [0.15, 0.2) is 54.6 Å². The normalized spacial score (nSPS) is 14.8. The molecule has 2 aromatic rings. The molecule has 0 saturated carbocycles. The average molecular weight is 424 g/mol. The van der Waals surface area contributed by atoms with E-state index in [1.807, 2.05) is 55.5 Å². The standard InChI is InChI=1S/C24H28N2O5/c1-3-30-22-11-4-19(5-12-22)6-13-23(27)31-18(2)24(28)25-20-7-9-21(10-8-20)26-14-16-29-17-15-26/h4-13,18H,3,14-17H2,1-2H3,(H,25,28)/b13-6+. The third kappa shape index (κ3) is 6.86. The molecule has 1 atom stereocenters. The second kappa shape index (κ2) is 11.2. The molecule has 1 saturated heterocycles. The number of hydrogen-bond donors (Lipinski definition) is 1. The van der Waals surface area contributed by atoms with Crippen LogP contribution in [0.1, 0.15) is 19.4 Å². The zero-order chi connectivity index (χ0) is 22.1. The van der Waals surface area contributed by atoms with E-state index in [0.29, 0.717) is 25.5 Å². The van der Waals surface area contributed by atoms with Gasteiger partial charge in [0.15, 0.2) is 6.10 Å². The quantitative estimate of drug-likeness (QED) is 0.516. The van der Waals surface area contributed by atoms with E-state index in [0.717, 1.165) is 30.1 Å². The third-order valence-corrected chi connectivity index (χ3v) is 4.78. The molecule has 0 aromatic heterocycles. The number of benzene rings is 2. The van der Waals surface area contributed by atoms with Gasteiger partial charge in [-0.1, -0.05) is 12.1 Å². The maximum atomic E-state index is 12.4. The van der Waals surface area contributed by atoms with Gasteiger partial charge in [-0.15, -0.1) is 0 Å². The highest BCUT2D eigenvalue weighted by Crippen LogP contribution is 2.19. The zero-order valence-electron chi connectivity index (χ0n) is 17.9. The van der Waals surface area contributed by atoms with Crippen molar-refractivity contribution in [3.63, 3.8) is 0 Å². The van der Waals surface area contributed by atoms with Gasteiger partial charge in [0, 0.05) is 30.5 Å². The second-order valence-electron chi connectivity index (χ2n) is 7.05. The smallest absolute Gasteiger partial charge is 0.331 e. The van der Waals surface area contributed by atoms with Gasteiger partial charge in [-0.25, -0.2) is 4.79 Å². The first kappa shape index (κ1) is 22.4. The van der Waals surface area contributed by atoms with Crippen LogP contribution >= 0.6 is 0 Å². The first-order valence-corrected chi connectivity index (χ1v) is 10.4. The molecule has 31 heavy (non-hydrogen) atoms. The Labute approximate surface area is 182 Å². The Kier molecular flexibility index (Phi) is 8.06. The lowest BCUT2D eigenvalue weighted by atomic mass is 10.2. The Morgan fingerprint density at radius 1 is 1.10 bits per heavy atom. The summed E-state index contributed by atoms with van der Waals surface area (Å²) in [5, 5.41) is 2.77. The van der Waals surface area contributed by atoms with Crippen LogP contribution < -0.4 is 15.0 Å². The van der Waals surface area contributed by atoms with Gasteiger partial charge in [0.2, 0.25) is 0 Å². The number of rotatable bonds is 8. The van der Waals surface area contributed by atoms with Gasteiger partial charge in [-0.05, 0) is 61.9 Å². The fourth-order valence-electron chi connectivity index (χ4n) is 3.09. The van der Waals surface area contributed by atoms with Crippen LogP contribution in [0.5, 0.6) is 5.75 Å². The van der Waals surface area contributed by atoms with Gasteiger partial charge in [-0.3, -0.25) is 4.79 Å². The van der Waals surface area contributed by atoms with Crippen LogP contribution in [0.4, 0.5) is 11.4 Å². The lowest BCUT2D eigenvalue weighted by molar-refractivity contribution is -0.148. The highest BCUT2D eigenvalue weighted by molar-refractivity contribution is 5.96. The van der Waals surface area contributed by atoms with Gasteiger partial charge in [0.25, 0.3) is 5.91 Å². The average Bonchev–Trinajstić information content (AvgIpc) is 2.80. The predicted molar refractivity (Wildman–Crippen MR) is 120 cm³/mol. The van der Waals surface area contributed by atoms with Crippen molar-refractivity contribution in [3.8, 4) is 5.75 Å². The number of morpholine rings is 1. The Morgan fingerprint density at radius 3 is 2.42 bits per heavy atom. The molecule has 0 spiro atoms. The third-order valence-electron chi connectivity index (χ3n) is 4.78. The molecule has 3 rings (SSSR count). The van der Waals surface area contributed by atoms with Crippen LogP contribution in [-0.2, 0) is 19.1 Å². The lowest BCUT2D eigenvalue weighted by Gasteiger charge is -2.28. The summed E-state index contributed by atoms with van der Waals surface area (Å²) in [6, 6.07) is 14.9. The van der Waals surface area contributed by atoms with Gasteiger partial charge >= 0.3 is 5.97 Å². The number of nitrogens with zero attached hydrogens (tertiary/aromatic N) is 1. The summed E-state index contributed by atoms with van der Waals surface area (Å²) < 4.78 is 15.9. The van der Waals surface area contributed by atoms with Crippen molar-refractivity contribution in [3.05, 3.63) is 60.2 Å². The molecule has 2 aromatic carbocycles. The molecular weight excluding hydrogens is 396 g/mol. The van der Waals surface area contributed by atoms with E-state index in [4.69, 9.17) is 14.2 Å². The molecule has 7 nitrogen and oxygen atoms in total. The fraction of sp³-hybridized carbons (Fsp3) is 0.333. The van der Waals surface area contributed by atoms with Crippen molar-refractivity contribution in [2.45, 2.75) is 20.0 Å². The molecule has 7 heteroatoms. The first-order chi connectivity index (χ1) is 15.0. The second-order valence-corrected chi connectivity index (χ2v) is 7.05. The lowest BCUT2D eigenvalue weighted by Crippen LogP contribution is -2.36. The number of nitrogens with one attached hydrogen (secondary N) is 1. The van der Waals surface area contributed by atoms with E-state index in [1.54, 1.807) is 13.0 Å². The molecule has 1 N–H and O–H groups in total. The fourth-order valence-corrected chi connectivity index (χ4v) is 3.09. The Hall–Kier alpha value is -3.32. The van der Waals surface area contributed by atoms with Crippen molar-refractivity contribution >= 4 is 29.3 Å².